The number of piperidine rings is 1. The minimum Gasteiger partial charge on any atom is -0.338 e. The van der Waals surface area contributed by atoms with Gasteiger partial charge in [0.25, 0.3) is 5.91 Å². The van der Waals surface area contributed by atoms with Crippen molar-refractivity contribution in [1.29, 1.82) is 0 Å². The molecule has 0 aliphatic carbocycles. The van der Waals surface area contributed by atoms with Crippen molar-refractivity contribution < 1.29 is 4.79 Å². The number of aryl methyl sites for hydroxylation is 2. The molecule has 1 aromatic heterocycles. The van der Waals surface area contributed by atoms with Crippen LogP contribution >= 0.6 is 24.8 Å². The van der Waals surface area contributed by atoms with E-state index in [4.69, 9.17) is 0 Å². The van der Waals surface area contributed by atoms with Gasteiger partial charge in [-0.25, -0.2) is 0 Å². The van der Waals surface area contributed by atoms with E-state index in [0.29, 0.717) is 6.04 Å². The SMILES string of the molecule is CNC1CCN(C(=O)c2ccc(C)nc2C)CC1.Cl.Cl. The summed E-state index contributed by atoms with van der Waals surface area (Å²) >= 11 is 0. The van der Waals surface area contributed by atoms with Gasteiger partial charge in [0.2, 0.25) is 0 Å². The highest BCUT2D eigenvalue weighted by molar-refractivity contribution is 5.95. The Morgan fingerprint density at radius 2 is 1.85 bits per heavy atom. The molecule has 1 amide bonds. The number of hydrogen-bond donors (Lipinski definition) is 1. The van der Waals surface area contributed by atoms with E-state index in [-0.39, 0.29) is 30.7 Å². The fourth-order valence-corrected chi connectivity index (χ4v) is 2.45. The van der Waals surface area contributed by atoms with Gasteiger partial charge >= 0.3 is 0 Å². The van der Waals surface area contributed by atoms with Crippen LogP contribution in [0.2, 0.25) is 0 Å². The first-order valence-corrected chi connectivity index (χ1v) is 6.52. The number of nitrogens with one attached hydrogen (secondary N) is 1. The average molecular weight is 320 g/mol. The molecular weight excluding hydrogens is 297 g/mol. The lowest BCUT2D eigenvalue weighted by atomic mass is 10.0. The zero-order chi connectivity index (χ0) is 13.1. The predicted molar refractivity (Wildman–Crippen MR) is 86.2 cm³/mol. The Hall–Kier alpha value is -0.840. The number of nitrogens with zero attached hydrogens (tertiary/aromatic N) is 2. The Morgan fingerprint density at radius 3 is 2.35 bits per heavy atom. The number of likely N-dealkylation sites (tertiary alicyclic amines) is 1. The molecule has 0 unspecified atom stereocenters. The van der Waals surface area contributed by atoms with E-state index in [1.54, 1.807) is 0 Å². The number of amides is 1. The van der Waals surface area contributed by atoms with Crippen molar-refractivity contribution in [3.63, 3.8) is 0 Å². The first kappa shape index (κ1) is 19.2. The first-order valence-electron chi connectivity index (χ1n) is 6.52. The molecule has 0 bridgehead atoms. The zero-order valence-electron chi connectivity index (χ0n) is 12.2. The Labute approximate surface area is 133 Å². The van der Waals surface area contributed by atoms with Gasteiger partial charge < -0.3 is 10.2 Å². The van der Waals surface area contributed by atoms with Gasteiger partial charge in [-0.1, -0.05) is 0 Å². The summed E-state index contributed by atoms with van der Waals surface area (Å²) in [5.74, 6) is 0.120. The second kappa shape index (κ2) is 8.45. The summed E-state index contributed by atoms with van der Waals surface area (Å²) in [6, 6.07) is 4.34. The van der Waals surface area contributed by atoms with Crippen LogP contribution in [0.5, 0.6) is 0 Å². The molecule has 1 saturated heterocycles. The maximum atomic E-state index is 12.4. The molecule has 6 heteroatoms. The van der Waals surface area contributed by atoms with Crippen LogP contribution in [0.3, 0.4) is 0 Å². The Bertz CT molecular complexity index is 446. The van der Waals surface area contributed by atoms with Crippen molar-refractivity contribution in [2.24, 2.45) is 0 Å². The molecular formula is C14H23Cl2N3O. The highest BCUT2D eigenvalue weighted by Crippen LogP contribution is 2.15. The Kier molecular flexibility index (Phi) is 8.09. The summed E-state index contributed by atoms with van der Waals surface area (Å²) in [4.78, 5) is 18.7. The summed E-state index contributed by atoms with van der Waals surface area (Å²) in [6.07, 6.45) is 2.06. The van der Waals surface area contributed by atoms with Gasteiger partial charge in [-0.2, -0.15) is 0 Å². The van der Waals surface area contributed by atoms with Gasteiger partial charge in [-0.05, 0) is 45.9 Å². The standard InChI is InChI=1S/C14H21N3O.2ClH/c1-10-4-5-13(11(2)16-10)14(18)17-8-6-12(15-3)7-9-17;;/h4-5,12,15H,6-9H2,1-3H3;2*1H. The molecule has 0 saturated carbocycles. The number of halogens is 2. The maximum absolute atomic E-state index is 12.4. The van der Waals surface area contributed by atoms with E-state index in [1.807, 2.05) is 37.9 Å². The highest BCUT2D eigenvalue weighted by atomic mass is 35.5. The van der Waals surface area contributed by atoms with E-state index in [9.17, 15) is 4.79 Å². The van der Waals surface area contributed by atoms with Crippen molar-refractivity contribution in [1.82, 2.24) is 15.2 Å². The van der Waals surface area contributed by atoms with E-state index in [2.05, 4.69) is 10.3 Å². The fourth-order valence-electron chi connectivity index (χ4n) is 2.45. The molecule has 4 nitrogen and oxygen atoms in total. The first-order chi connectivity index (χ1) is 8.61. The minimum absolute atomic E-state index is 0. The Morgan fingerprint density at radius 1 is 1.25 bits per heavy atom. The van der Waals surface area contributed by atoms with Crippen molar-refractivity contribution in [3.8, 4) is 0 Å². The van der Waals surface area contributed by atoms with Gasteiger partial charge in [0, 0.05) is 24.8 Å². The summed E-state index contributed by atoms with van der Waals surface area (Å²) in [5.41, 5.74) is 2.53. The normalized spacial score (nSPS) is 15.2. The second-order valence-corrected chi connectivity index (χ2v) is 4.94. The van der Waals surface area contributed by atoms with Gasteiger partial charge in [0.1, 0.15) is 0 Å². The summed E-state index contributed by atoms with van der Waals surface area (Å²) in [6.45, 7) is 5.51. The molecule has 1 aliphatic heterocycles. The van der Waals surface area contributed by atoms with E-state index < -0.39 is 0 Å². The van der Waals surface area contributed by atoms with Crippen molar-refractivity contribution >= 4 is 30.7 Å². The molecule has 2 rings (SSSR count). The number of pyridine rings is 1. The van der Waals surface area contributed by atoms with Crippen molar-refractivity contribution in [2.45, 2.75) is 32.7 Å². The molecule has 1 aliphatic rings. The number of rotatable bonds is 2. The molecule has 20 heavy (non-hydrogen) atoms. The lowest BCUT2D eigenvalue weighted by Gasteiger charge is -2.32. The van der Waals surface area contributed by atoms with Crippen LogP contribution in [-0.2, 0) is 0 Å². The van der Waals surface area contributed by atoms with Crippen LogP contribution in [0.15, 0.2) is 12.1 Å². The quantitative estimate of drug-likeness (QED) is 0.910. The number of hydrogen-bond acceptors (Lipinski definition) is 3. The van der Waals surface area contributed by atoms with Crippen LogP contribution in [0, 0.1) is 13.8 Å². The number of aromatic nitrogens is 1. The van der Waals surface area contributed by atoms with Crippen LogP contribution in [-0.4, -0.2) is 42.0 Å². The van der Waals surface area contributed by atoms with Crippen LogP contribution in [0.25, 0.3) is 0 Å². The van der Waals surface area contributed by atoms with Gasteiger partial charge in [0.05, 0.1) is 11.3 Å². The molecule has 1 aromatic rings. The minimum atomic E-state index is 0. The van der Waals surface area contributed by atoms with E-state index >= 15 is 0 Å². The third kappa shape index (κ3) is 4.33. The number of carbonyl (C=O) groups excluding carboxylic acids is 1. The van der Waals surface area contributed by atoms with E-state index in [0.717, 1.165) is 42.9 Å². The van der Waals surface area contributed by atoms with E-state index in [1.165, 1.54) is 0 Å². The van der Waals surface area contributed by atoms with Crippen molar-refractivity contribution in [3.05, 3.63) is 29.1 Å². The predicted octanol–water partition coefficient (Wildman–Crippen LogP) is 2.37. The molecule has 0 spiro atoms. The third-order valence-electron chi connectivity index (χ3n) is 3.65. The monoisotopic (exact) mass is 319 g/mol. The topological polar surface area (TPSA) is 45.2 Å². The average Bonchev–Trinajstić information content (AvgIpc) is 2.38. The smallest absolute Gasteiger partial charge is 0.255 e. The van der Waals surface area contributed by atoms with Crippen LogP contribution < -0.4 is 5.32 Å². The summed E-state index contributed by atoms with van der Waals surface area (Å²) in [7, 11) is 1.98. The van der Waals surface area contributed by atoms with Crippen LogP contribution in [0.4, 0.5) is 0 Å². The molecule has 1 fully saturated rings. The maximum Gasteiger partial charge on any atom is 0.255 e. The lowest BCUT2D eigenvalue weighted by Crippen LogP contribution is -2.44. The molecule has 114 valence electrons. The largest absolute Gasteiger partial charge is 0.338 e. The van der Waals surface area contributed by atoms with Gasteiger partial charge in [-0.15, -0.1) is 24.8 Å². The lowest BCUT2D eigenvalue weighted by molar-refractivity contribution is 0.0706. The molecule has 0 radical (unpaired) electrons. The summed E-state index contributed by atoms with van der Waals surface area (Å²) < 4.78 is 0. The fraction of sp³-hybridized carbons (Fsp3) is 0.571. The molecule has 0 aromatic carbocycles. The Balaban J connectivity index is 0.00000180. The number of carbonyl (C=O) groups is 1. The third-order valence-corrected chi connectivity index (χ3v) is 3.65. The van der Waals surface area contributed by atoms with Crippen molar-refractivity contribution in [2.75, 3.05) is 20.1 Å². The summed E-state index contributed by atoms with van der Waals surface area (Å²) in [5, 5.41) is 3.27. The second-order valence-electron chi connectivity index (χ2n) is 4.94. The van der Waals surface area contributed by atoms with Gasteiger partial charge in [-0.3, -0.25) is 9.78 Å². The van der Waals surface area contributed by atoms with Gasteiger partial charge in [0.15, 0.2) is 0 Å². The molecule has 0 atom stereocenters. The zero-order valence-corrected chi connectivity index (χ0v) is 13.8. The molecule has 2 heterocycles. The van der Waals surface area contributed by atoms with Crippen LogP contribution in [0.1, 0.15) is 34.6 Å². The highest BCUT2D eigenvalue weighted by Gasteiger charge is 2.23. The molecule has 1 N–H and O–H groups in total.